The highest BCUT2D eigenvalue weighted by Gasteiger charge is 2.33. The van der Waals surface area contributed by atoms with Crippen molar-refractivity contribution in [1.29, 1.82) is 0 Å². The summed E-state index contributed by atoms with van der Waals surface area (Å²) in [5, 5.41) is 0. The summed E-state index contributed by atoms with van der Waals surface area (Å²) in [4.78, 5) is 15.8. The Bertz CT molecular complexity index is 811. The number of Topliss-reactive ketones (excluding diaryl/α,β-unsaturated/α-hetero) is 1. The number of carbonyl (C=O) groups excluding carboxylic acids is 1. The van der Waals surface area contributed by atoms with E-state index >= 15 is 0 Å². The Labute approximate surface area is 168 Å². The van der Waals surface area contributed by atoms with Gasteiger partial charge in [0.25, 0.3) is 0 Å². The summed E-state index contributed by atoms with van der Waals surface area (Å²) in [5.41, 5.74) is 6.88. The second-order valence-electron chi connectivity index (χ2n) is 8.10. The Morgan fingerprint density at radius 1 is 0.929 bits per heavy atom. The topological polar surface area (TPSA) is 29.5 Å². The van der Waals surface area contributed by atoms with Gasteiger partial charge in [-0.15, -0.1) is 0 Å². The van der Waals surface area contributed by atoms with Crippen molar-refractivity contribution in [2.75, 3.05) is 32.8 Å². The molecule has 3 nitrogen and oxygen atoms in total. The minimum atomic E-state index is 0.110. The van der Waals surface area contributed by atoms with Crippen LogP contribution < -0.4 is 0 Å². The minimum absolute atomic E-state index is 0.110. The SMILES string of the molecule is Cc1ccc(C(=C2CCC(CN3CCOCC3)C2=O)c2ccc(C)cc2)cc1. The van der Waals surface area contributed by atoms with Crippen LogP contribution in [-0.2, 0) is 9.53 Å². The number of hydrogen-bond acceptors (Lipinski definition) is 3. The van der Waals surface area contributed by atoms with Crippen molar-refractivity contribution in [1.82, 2.24) is 4.90 Å². The first kappa shape index (κ1) is 19.1. The predicted octanol–water partition coefficient (Wildman–Crippen LogP) is 4.42. The van der Waals surface area contributed by atoms with E-state index in [0.29, 0.717) is 5.78 Å². The maximum Gasteiger partial charge on any atom is 0.163 e. The normalized spacial score (nSPS) is 20.6. The summed E-state index contributed by atoms with van der Waals surface area (Å²) in [6.07, 6.45) is 1.82. The van der Waals surface area contributed by atoms with Crippen LogP contribution in [0.4, 0.5) is 0 Å². The van der Waals surface area contributed by atoms with Gasteiger partial charge in [0.2, 0.25) is 0 Å². The van der Waals surface area contributed by atoms with Gasteiger partial charge in [-0.05, 0) is 43.4 Å². The molecular weight excluding hydrogens is 346 g/mol. The average molecular weight is 376 g/mol. The van der Waals surface area contributed by atoms with Crippen molar-refractivity contribution in [3.05, 3.63) is 76.4 Å². The maximum atomic E-state index is 13.4. The van der Waals surface area contributed by atoms with Gasteiger partial charge in [-0.2, -0.15) is 0 Å². The van der Waals surface area contributed by atoms with Crippen LogP contribution in [0.15, 0.2) is 54.1 Å². The number of rotatable bonds is 4. The molecule has 1 heterocycles. The van der Waals surface area contributed by atoms with Crippen LogP contribution in [0.5, 0.6) is 0 Å². The molecule has 1 unspecified atom stereocenters. The molecule has 4 rings (SSSR count). The summed E-state index contributed by atoms with van der Waals surface area (Å²) in [6.45, 7) is 8.49. The Balaban J connectivity index is 1.68. The third-order valence-corrected chi connectivity index (χ3v) is 5.98. The molecule has 1 aliphatic heterocycles. The molecule has 1 aliphatic carbocycles. The van der Waals surface area contributed by atoms with Crippen LogP contribution in [0.25, 0.3) is 5.57 Å². The van der Waals surface area contributed by atoms with Crippen molar-refractivity contribution in [2.45, 2.75) is 26.7 Å². The summed E-state index contributed by atoms with van der Waals surface area (Å²) in [7, 11) is 0. The molecule has 2 aromatic rings. The fraction of sp³-hybridized carbons (Fsp3) is 0.400. The standard InChI is InChI=1S/C25H29NO2/c1-18-3-7-20(8-4-18)24(21-9-5-19(2)6-10-21)23-12-11-22(25(23)27)17-26-13-15-28-16-14-26/h3-10,22H,11-17H2,1-2H3. The van der Waals surface area contributed by atoms with Crippen LogP contribution in [0.2, 0.25) is 0 Å². The lowest BCUT2D eigenvalue weighted by Gasteiger charge is -2.28. The fourth-order valence-corrected chi connectivity index (χ4v) is 4.29. The van der Waals surface area contributed by atoms with E-state index in [1.54, 1.807) is 0 Å². The van der Waals surface area contributed by atoms with Gasteiger partial charge < -0.3 is 4.74 Å². The van der Waals surface area contributed by atoms with E-state index in [2.05, 4.69) is 67.3 Å². The number of aryl methyl sites for hydroxylation is 2. The second kappa shape index (κ2) is 8.42. The van der Waals surface area contributed by atoms with Crippen LogP contribution in [0.1, 0.15) is 35.1 Å². The van der Waals surface area contributed by atoms with Gasteiger partial charge in [-0.25, -0.2) is 0 Å². The van der Waals surface area contributed by atoms with Crippen molar-refractivity contribution in [3.63, 3.8) is 0 Å². The van der Waals surface area contributed by atoms with Crippen LogP contribution >= 0.6 is 0 Å². The molecule has 1 saturated heterocycles. The van der Waals surface area contributed by atoms with Crippen LogP contribution in [-0.4, -0.2) is 43.5 Å². The third kappa shape index (κ3) is 4.11. The summed E-state index contributed by atoms with van der Waals surface area (Å²) in [6, 6.07) is 17.1. The maximum absolute atomic E-state index is 13.4. The first-order valence-corrected chi connectivity index (χ1v) is 10.3. The fourth-order valence-electron chi connectivity index (χ4n) is 4.29. The van der Waals surface area contributed by atoms with Gasteiger partial charge in [0, 0.05) is 31.1 Å². The number of allylic oxidation sites excluding steroid dienone is 1. The lowest BCUT2D eigenvalue weighted by molar-refractivity contribution is -0.118. The van der Waals surface area contributed by atoms with E-state index in [0.717, 1.165) is 68.0 Å². The molecule has 3 heteroatoms. The number of ketones is 1. The number of benzene rings is 2. The molecule has 146 valence electrons. The van der Waals surface area contributed by atoms with Crippen LogP contribution in [0, 0.1) is 19.8 Å². The van der Waals surface area contributed by atoms with E-state index in [4.69, 9.17) is 4.74 Å². The molecule has 2 aliphatic rings. The third-order valence-electron chi connectivity index (χ3n) is 5.98. The molecule has 0 bridgehead atoms. The molecule has 0 radical (unpaired) electrons. The smallest absolute Gasteiger partial charge is 0.163 e. The first-order chi connectivity index (χ1) is 13.6. The zero-order chi connectivity index (χ0) is 19.5. The summed E-state index contributed by atoms with van der Waals surface area (Å²) >= 11 is 0. The Morgan fingerprint density at radius 3 is 2.00 bits per heavy atom. The van der Waals surface area contributed by atoms with Crippen molar-refractivity contribution >= 4 is 11.4 Å². The molecule has 0 aromatic heterocycles. The van der Waals surface area contributed by atoms with Gasteiger partial charge in [0.15, 0.2) is 5.78 Å². The van der Waals surface area contributed by atoms with Crippen LogP contribution in [0.3, 0.4) is 0 Å². The Kier molecular flexibility index (Phi) is 5.74. The van der Waals surface area contributed by atoms with Gasteiger partial charge in [-0.3, -0.25) is 9.69 Å². The minimum Gasteiger partial charge on any atom is -0.379 e. The predicted molar refractivity (Wildman–Crippen MR) is 113 cm³/mol. The Morgan fingerprint density at radius 2 is 1.46 bits per heavy atom. The molecule has 1 saturated carbocycles. The van der Waals surface area contributed by atoms with E-state index in [1.165, 1.54) is 11.1 Å². The molecule has 28 heavy (non-hydrogen) atoms. The molecule has 2 aromatic carbocycles. The van der Waals surface area contributed by atoms with E-state index in [-0.39, 0.29) is 5.92 Å². The van der Waals surface area contributed by atoms with Crippen molar-refractivity contribution in [3.8, 4) is 0 Å². The molecular formula is C25H29NO2. The first-order valence-electron chi connectivity index (χ1n) is 10.3. The molecule has 0 N–H and O–H groups in total. The quantitative estimate of drug-likeness (QED) is 0.741. The Hall–Kier alpha value is -2.23. The highest BCUT2D eigenvalue weighted by molar-refractivity contribution is 6.08. The second-order valence-corrected chi connectivity index (χ2v) is 8.10. The highest BCUT2D eigenvalue weighted by Crippen LogP contribution is 2.37. The number of carbonyl (C=O) groups is 1. The number of nitrogens with zero attached hydrogens (tertiary/aromatic N) is 1. The van der Waals surface area contributed by atoms with E-state index in [1.807, 2.05) is 0 Å². The van der Waals surface area contributed by atoms with Gasteiger partial charge in [0.05, 0.1) is 13.2 Å². The lowest BCUT2D eigenvalue weighted by atomic mass is 9.90. The van der Waals surface area contributed by atoms with Gasteiger partial charge >= 0.3 is 0 Å². The monoisotopic (exact) mass is 375 g/mol. The van der Waals surface area contributed by atoms with E-state index in [9.17, 15) is 4.79 Å². The van der Waals surface area contributed by atoms with Crippen molar-refractivity contribution in [2.24, 2.45) is 5.92 Å². The number of morpholine rings is 1. The van der Waals surface area contributed by atoms with Crippen molar-refractivity contribution < 1.29 is 9.53 Å². The summed E-state index contributed by atoms with van der Waals surface area (Å²) in [5.74, 6) is 0.446. The zero-order valence-electron chi connectivity index (χ0n) is 16.9. The lowest BCUT2D eigenvalue weighted by Crippen LogP contribution is -2.40. The average Bonchev–Trinajstić information content (AvgIpc) is 3.06. The highest BCUT2D eigenvalue weighted by atomic mass is 16.5. The van der Waals surface area contributed by atoms with Gasteiger partial charge in [-0.1, -0.05) is 59.7 Å². The molecule has 0 spiro atoms. The zero-order valence-corrected chi connectivity index (χ0v) is 16.9. The largest absolute Gasteiger partial charge is 0.379 e. The van der Waals surface area contributed by atoms with Gasteiger partial charge in [0.1, 0.15) is 0 Å². The molecule has 1 atom stereocenters. The summed E-state index contributed by atoms with van der Waals surface area (Å²) < 4.78 is 5.45. The van der Waals surface area contributed by atoms with E-state index < -0.39 is 0 Å². The molecule has 2 fully saturated rings. The number of ether oxygens (including phenoxy) is 1. The molecule has 0 amide bonds. The number of hydrogen-bond donors (Lipinski definition) is 0.